The predicted octanol–water partition coefficient (Wildman–Crippen LogP) is 3.29. The lowest BCUT2D eigenvalue weighted by Gasteiger charge is -2.23. The molecule has 1 aliphatic rings. The molecule has 0 fully saturated rings. The molecule has 1 N–H and O–H groups in total. The van der Waals surface area contributed by atoms with Crippen LogP contribution in [-0.2, 0) is 18.3 Å². The number of nitrogens with one attached hydrogen (secondary N) is 1. The van der Waals surface area contributed by atoms with Crippen LogP contribution in [0.3, 0.4) is 0 Å². The molecule has 4 rings (SSSR count). The van der Waals surface area contributed by atoms with E-state index in [9.17, 15) is 18.4 Å². The van der Waals surface area contributed by atoms with Crippen LogP contribution in [0.25, 0.3) is 22.0 Å². The molecule has 0 saturated heterocycles. The van der Waals surface area contributed by atoms with Crippen LogP contribution in [0.5, 0.6) is 0 Å². The number of aromatic nitrogens is 2. The fourth-order valence-electron chi connectivity index (χ4n) is 3.41. The molecule has 0 atom stereocenters. The largest absolute Gasteiger partial charge is 0.449 e. The summed E-state index contributed by atoms with van der Waals surface area (Å²) in [5.41, 5.74) is 1.27. The molecule has 3 heterocycles. The summed E-state index contributed by atoms with van der Waals surface area (Å²) in [6, 6.07) is 1.89. The number of hydrogen-bond acceptors (Lipinski definition) is 3. The Bertz CT molecular complexity index is 1120. The number of carbonyl (C=O) groups is 1. The van der Waals surface area contributed by atoms with Gasteiger partial charge in [0.15, 0.2) is 5.82 Å². The monoisotopic (exact) mass is 359 g/mol. The van der Waals surface area contributed by atoms with E-state index >= 15 is 0 Å². The van der Waals surface area contributed by atoms with Gasteiger partial charge in [0.2, 0.25) is 0 Å². The molecule has 8 heteroatoms. The van der Waals surface area contributed by atoms with E-state index in [1.807, 2.05) is 0 Å². The van der Waals surface area contributed by atoms with Crippen molar-refractivity contribution in [3.05, 3.63) is 52.1 Å². The molecule has 0 saturated carbocycles. The second-order valence-corrected chi connectivity index (χ2v) is 6.09. The Kier molecular flexibility index (Phi) is 3.57. The molecule has 1 aromatic carbocycles. The Morgan fingerprint density at radius 3 is 2.81 bits per heavy atom. The minimum absolute atomic E-state index is 0.00540. The van der Waals surface area contributed by atoms with Crippen molar-refractivity contribution in [3.63, 3.8) is 0 Å². The number of rotatable bonds is 1. The highest BCUT2D eigenvalue weighted by atomic mass is 19.1. The Morgan fingerprint density at radius 1 is 1.31 bits per heavy atom. The Labute approximate surface area is 146 Å². The van der Waals surface area contributed by atoms with Gasteiger partial charge >= 0.3 is 6.09 Å². The average Bonchev–Trinajstić information content (AvgIpc) is 2.94. The number of anilines is 1. The number of benzene rings is 1. The van der Waals surface area contributed by atoms with E-state index in [4.69, 9.17) is 4.74 Å². The van der Waals surface area contributed by atoms with Crippen LogP contribution in [-0.4, -0.2) is 22.3 Å². The molecule has 2 aromatic heterocycles. The average molecular weight is 359 g/mol. The molecule has 0 spiro atoms. The molecule has 0 aliphatic carbocycles. The third-order valence-electron chi connectivity index (χ3n) is 4.49. The fraction of sp³-hybridized carbons (Fsp3) is 0.222. The summed E-state index contributed by atoms with van der Waals surface area (Å²) >= 11 is 0. The summed E-state index contributed by atoms with van der Waals surface area (Å²) in [6.07, 6.45) is 2.38. The normalized spacial score (nSPS) is 12.8. The summed E-state index contributed by atoms with van der Waals surface area (Å²) < 4.78 is 35.1. The first-order valence-electron chi connectivity index (χ1n) is 8.05. The highest BCUT2D eigenvalue weighted by Crippen LogP contribution is 2.42. The number of ether oxygens (including phenoxy) is 1. The standard InChI is InChI=1S/C18H15F2N3O3/c1-3-26-18(25)23-7-9-6-21-15-14(9)12(8-22(2)17(15)24)11-4-10(19)5-13(20)16(11)23/h4-6,8,21H,3,7H2,1-2H3. The number of aromatic amines is 1. The smallest absolute Gasteiger partial charge is 0.414 e. The zero-order valence-corrected chi connectivity index (χ0v) is 14.1. The molecule has 134 valence electrons. The van der Waals surface area contributed by atoms with Gasteiger partial charge in [-0.05, 0) is 18.6 Å². The van der Waals surface area contributed by atoms with Gasteiger partial charge in [-0.3, -0.25) is 9.69 Å². The van der Waals surface area contributed by atoms with Crippen molar-refractivity contribution < 1.29 is 18.3 Å². The fourth-order valence-corrected chi connectivity index (χ4v) is 3.41. The van der Waals surface area contributed by atoms with Crippen molar-refractivity contribution in [2.75, 3.05) is 11.5 Å². The minimum atomic E-state index is -0.871. The third kappa shape index (κ3) is 2.22. The molecule has 6 nitrogen and oxygen atoms in total. The van der Waals surface area contributed by atoms with Crippen molar-refractivity contribution in [2.24, 2.45) is 7.05 Å². The van der Waals surface area contributed by atoms with Gasteiger partial charge in [0.05, 0.1) is 18.8 Å². The number of carbonyl (C=O) groups excluding carboxylic acids is 1. The first-order chi connectivity index (χ1) is 12.4. The lowest BCUT2D eigenvalue weighted by atomic mass is 10.0. The van der Waals surface area contributed by atoms with E-state index in [-0.39, 0.29) is 30.0 Å². The predicted molar refractivity (Wildman–Crippen MR) is 92.1 cm³/mol. The van der Waals surface area contributed by atoms with Crippen LogP contribution in [0.1, 0.15) is 12.5 Å². The molecular formula is C18H15F2N3O3. The number of halogens is 2. The van der Waals surface area contributed by atoms with Gasteiger partial charge in [0.1, 0.15) is 11.3 Å². The maximum absolute atomic E-state index is 14.7. The maximum Gasteiger partial charge on any atom is 0.414 e. The first kappa shape index (κ1) is 16.3. The van der Waals surface area contributed by atoms with Gasteiger partial charge in [-0.15, -0.1) is 0 Å². The zero-order valence-electron chi connectivity index (χ0n) is 14.1. The second kappa shape index (κ2) is 5.69. The van der Waals surface area contributed by atoms with Crippen LogP contribution in [0.15, 0.2) is 29.3 Å². The van der Waals surface area contributed by atoms with E-state index in [2.05, 4.69) is 4.98 Å². The molecule has 0 unspecified atom stereocenters. The molecule has 26 heavy (non-hydrogen) atoms. The van der Waals surface area contributed by atoms with Gasteiger partial charge in [-0.1, -0.05) is 0 Å². The van der Waals surface area contributed by atoms with E-state index < -0.39 is 17.7 Å². The van der Waals surface area contributed by atoms with E-state index in [1.165, 1.54) is 10.8 Å². The van der Waals surface area contributed by atoms with Crippen molar-refractivity contribution in [1.29, 1.82) is 0 Å². The van der Waals surface area contributed by atoms with Crippen LogP contribution in [0, 0.1) is 11.6 Å². The summed E-state index contributed by atoms with van der Waals surface area (Å²) in [5, 5.41) is 0.547. The summed E-state index contributed by atoms with van der Waals surface area (Å²) in [4.78, 5) is 28.9. The van der Waals surface area contributed by atoms with Gasteiger partial charge in [0, 0.05) is 42.0 Å². The molecule has 1 aliphatic heterocycles. The summed E-state index contributed by atoms with van der Waals surface area (Å²) in [6.45, 7) is 1.75. The lowest BCUT2D eigenvalue weighted by Crippen LogP contribution is -2.31. The highest BCUT2D eigenvalue weighted by molar-refractivity contribution is 6.05. The molecular weight excluding hydrogens is 344 g/mol. The van der Waals surface area contributed by atoms with Crippen LogP contribution in [0.4, 0.5) is 19.3 Å². The Hall–Kier alpha value is -3.16. The molecule has 0 radical (unpaired) electrons. The van der Waals surface area contributed by atoms with Crippen LogP contribution < -0.4 is 10.5 Å². The van der Waals surface area contributed by atoms with Crippen LogP contribution >= 0.6 is 0 Å². The highest BCUT2D eigenvalue weighted by Gasteiger charge is 2.31. The van der Waals surface area contributed by atoms with Crippen molar-refractivity contribution >= 4 is 22.7 Å². The van der Waals surface area contributed by atoms with Crippen molar-refractivity contribution in [1.82, 2.24) is 9.55 Å². The number of aryl methyl sites for hydroxylation is 1. The number of amides is 1. The lowest BCUT2D eigenvalue weighted by molar-refractivity contribution is 0.159. The van der Waals surface area contributed by atoms with E-state index in [1.54, 1.807) is 20.2 Å². The first-order valence-corrected chi connectivity index (χ1v) is 8.05. The number of fused-ring (bicyclic) bond motifs is 2. The van der Waals surface area contributed by atoms with Gasteiger partial charge in [0.25, 0.3) is 5.56 Å². The topological polar surface area (TPSA) is 67.3 Å². The third-order valence-corrected chi connectivity index (χ3v) is 4.49. The maximum atomic E-state index is 14.7. The number of pyridine rings is 1. The molecule has 1 amide bonds. The molecule has 0 bridgehead atoms. The zero-order chi connectivity index (χ0) is 18.6. The number of H-pyrrole nitrogens is 1. The van der Waals surface area contributed by atoms with Gasteiger partial charge < -0.3 is 14.3 Å². The van der Waals surface area contributed by atoms with Crippen LogP contribution in [0.2, 0.25) is 0 Å². The summed E-state index contributed by atoms with van der Waals surface area (Å²) in [5.74, 6) is -1.64. The second-order valence-electron chi connectivity index (χ2n) is 6.09. The van der Waals surface area contributed by atoms with Crippen molar-refractivity contribution in [2.45, 2.75) is 13.5 Å². The Morgan fingerprint density at radius 2 is 2.08 bits per heavy atom. The van der Waals surface area contributed by atoms with Gasteiger partial charge in [-0.25, -0.2) is 13.6 Å². The Balaban J connectivity index is 2.12. The van der Waals surface area contributed by atoms with E-state index in [0.29, 0.717) is 22.0 Å². The van der Waals surface area contributed by atoms with Gasteiger partial charge in [-0.2, -0.15) is 0 Å². The van der Waals surface area contributed by atoms with E-state index in [0.717, 1.165) is 17.0 Å². The minimum Gasteiger partial charge on any atom is -0.449 e. The summed E-state index contributed by atoms with van der Waals surface area (Å²) in [7, 11) is 1.56. The quantitative estimate of drug-likeness (QED) is 0.725. The molecule has 3 aromatic rings. The van der Waals surface area contributed by atoms with Crippen molar-refractivity contribution in [3.8, 4) is 11.1 Å². The number of nitrogens with zero attached hydrogens (tertiary/aromatic N) is 2. The SMILES string of the molecule is CCOC(=O)N1Cc2c[nH]c3c(=O)n(C)cc(c23)-c2cc(F)cc(F)c21. The number of hydrogen-bond donors (Lipinski definition) is 1.